The summed E-state index contributed by atoms with van der Waals surface area (Å²) in [6.07, 6.45) is 0.228. The highest BCUT2D eigenvalue weighted by atomic mass is 32.2. The lowest BCUT2D eigenvalue weighted by Crippen LogP contribution is -2.34. The molecule has 1 N–H and O–H groups in total. The molecule has 2 aliphatic rings. The summed E-state index contributed by atoms with van der Waals surface area (Å²) >= 11 is 1.71. The number of hydrogen-bond acceptors (Lipinski definition) is 5. The molecule has 2 heterocycles. The number of fused-ring (bicyclic) bond motifs is 1. The fourth-order valence-electron chi connectivity index (χ4n) is 3.45. The summed E-state index contributed by atoms with van der Waals surface area (Å²) in [7, 11) is 0. The van der Waals surface area contributed by atoms with Crippen molar-refractivity contribution in [3.05, 3.63) is 48.0 Å². The Bertz CT molecular complexity index is 900. The number of anilines is 1. The summed E-state index contributed by atoms with van der Waals surface area (Å²) in [5.74, 6) is 1.68. The van der Waals surface area contributed by atoms with Gasteiger partial charge in [-0.1, -0.05) is 17.7 Å². The van der Waals surface area contributed by atoms with E-state index < -0.39 is 0 Å². The van der Waals surface area contributed by atoms with E-state index in [2.05, 4.69) is 36.5 Å². The molecular formula is C22H24N2O4S. The van der Waals surface area contributed by atoms with Crippen molar-refractivity contribution < 1.29 is 19.1 Å². The van der Waals surface area contributed by atoms with Gasteiger partial charge in [-0.15, -0.1) is 11.8 Å². The number of hydrogen-bond donors (Lipinski definition) is 1. The maximum atomic E-state index is 12.5. The number of carbonyl (C=O) groups is 2. The molecule has 1 fully saturated rings. The second-order valence-corrected chi connectivity index (χ2v) is 8.35. The van der Waals surface area contributed by atoms with Crippen molar-refractivity contribution in [2.75, 3.05) is 37.0 Å². The van der Waals surface area contributed by atoms with Gasteiger partial charge >= 0.3 is 0 Å². The molecule has 0 unspecified atom stereocenters. The molecule has 29 heavy (non-hydrogen) atoms. The third-order valence-corrected chi connectivity index (χ3v) is 6.04. The summed E-state index contributed by atoms with van der Waals surface area (Å²) in [6, 6.07) is 13.8. The van der Waals surface area contributed by atoms with Gasteiger partial charge in [0.05, 0.1) is 5.92 Å². The minimum absolute atomic E-state index is 0.0455. The molecule has 2 aromatic rings. The van der Waals surface area contributed by atoms with Gasteiger partial charge in [-0.05, 0) is 31.2 Å². The number of aryl methyl sites for hydroxylation is 1. The second kappa shape index (κ2) is 8.78. The first-order chi connectivity index (χ1) is 14.1. The van der Waals surface area contributed by atoms with E-state index in [1.165, 1.54) is 10.5 Å². The highest BCUT2D eigenvalue weighted by molar-refractivity contribution is 7.99. The molecule has 0 saturated carbocycles. The molecule has 2 amide bonds. The number of rotatable bonds is 6. The zero-order valence-corrected chi connectivity index (χ0v) is 17.2. The predicted octanol–water partition coefficient (Wildman–Crippen LogP) is 3.03. The number of carbonyl (C=O) groups excluding carboxylic acids is 2. The highest BCUT2D eigenvalue weighted by Gasteiger charge is 2.35. The van der Waals surface area contributed by atoms with E-state index >= 15 is 0 Å². The van der Waals surface area contributed by atoms with Crippen LogP contribution in [0.3, 0.4) is 0 Å². The number of thioether (sulfide) groups is 1. The van der Waals surface area contributed by atoms with Crippen molar-refractivity contribution in [2.45, 2.75) is 18.2 Å². The Morgan fingerprint density at radius 3 is 2.69 bits per heavy atom. The first-order valence-corrected chi connectivity index (χ1v) is 10.8. The molecule has 7 heteroatoms. The molecule has 2 aliphatic heterocycles. The van der Waals surface area contributed by atoms with Crippen molar-refractivity contribution in [1.29, 1.82) is 0 Å². The Kier molecular flexibility index (Phi) is 5.94. The van der Waals surface area contributed by atoms with E-state index in [0.717, 1.165) is 11.4 Å². The molecule has 0 aromatic heterocycles. The van der Waals surface area contributed by atoms with Crippen LogP contribution < -0.4 is 19.7 Å². The molecule has 0 aliphatic carbocycles. The van der Waals surface area contributed by atoms with Gasteiger partial charge in [-0.3, -0.25) is 9.59 Å². The summed E-state index contributed by atoms with van der Waals surface area (Å²) < 4.78 is 11.1. The van der Waals surface area contributed by atoms with E-state index in [-0.39, 0.29) is 24.2 Å². The van der Waals surface area contributed by atoms with Crippen LogP contribution in [0.5, 0.6) is 11.5 Å². The average Bonchev–Trinajstić information content (AvgIpc) is 3.14. The highest BCUT2D eigenvalue weighted by Crippen LogP contribution is 2.36. The van der Waals surface area contributed by atoms with Gasteiger partial charge < -0.3 is 19.7 Å². The molecule has 4 rings (SSSR count). The zero-order valence-electron chi connectivity index (χ0n) is 16.3. The monoisotopic (exact) mass is 412 g/mol. The number of amides is 2. The molecule has 1 atom stereocenters. The van der Waals surface area contributed by atoms with Crippen molar-refractivity contribution in [3.63, 3.8) is 0 Å². The molecule has 1 saturated heterocycles. The van der Waals surface area contributed by atoms with Crippen LogP contribution in [0.15, 0.2) is 47.4 Å². The quantitative estimate of drug-likeness (QED) is 0.584. The Hall–Kier alpha value is -2.67. The Balaban J connectivity index is 1.28. The number of ether oxygens (including phenoxy) is 2. The topological polar surface area (TPSA) is 67.9 Å². The molecule has 152 valence electrons. The van der Waals surface area contributed by atoms with Gasteiger partial charge in [-0.2, -0.15) is 0 Å². The summed E-state index contributed by atoms with van der Waals surface area (Å²) in [5, 5.41) is 2.97. The summed E-state index contributed by atoms with van der Waals surface area (Å²) in [5.41, 5.74) is 1.97. The predicted molar refractivity (Wildman–Crippen MR) is 113 cm³/mol. The summed E-state index contributed by atoms with van der Waals surface area (Å²) in [4.78, 5) is 27.8. The Morgan fingerprint density at radius 1 is 1.14 bits per heavy atom. The van der Waals surface area contributed by atoms with Gasteiger partial charge in [0, 0.05) is 41.9 Å². The number of nitrogens with one attached hydrogen (secondary N) is 1. The Morgan fingerprint density at radius 2 is 1.90 bits per heavy atom. The first kappa shape index (κ1) is 19.6. The van der Waals surface area contributed by atoms with Gasteiger partial charge in [-0.25, -0.2) is 0 Å². The standard InChI is InChI=1S/C22H24N2O4S/c1-15-2-5-18(6-3-15)29-11-8-23-22(26)16-12-21(25)24(14-16)17-4-7-19-20(13-17)28-10-9-27-19/h2-7,13,16H,8-12,14H2,1H3,(H,23,26)/t16-/m0/s1. The average molecular weight is 413 g/mol. The molecule has 6 nitrogen and oxygen atoms in total. The zero-order chi connectivity index (χ0) is 20.2. The minimum atomic E-state index is -0.333. The van der Waals surface area contributed by atoms with Crippen LogP contribution in [-0.2, 0) is 9.59 Å². The molecular weight excluding hydrogens is 388 g/mol. The van der Waals surface area contributed by atoms with Crippen LogP contribution in [0.25, 0.3) is 0 Å². The molecule has 0 radical (unpaired) electrons. The Labute approximate surface area is 174 Å². The van der Waals surface area contributed by atoms with E-state index in [1.807, 2.05) is 18.2 Å². The van der Waals surface area contributed by atoms with Crippen LogP contribution in [0, 0.1) is 12.8 Å². The largest absolute Gasteiger partial charge is 0.486 e. The van der Waals surface area contributed by atoms with E-state index in [0.29, 0.717) is 37.8 Å². The molecule has 0 bridgehead atoms. The SMILES string of the molecule is Cc1ccc(SCCNC(=O)[C@H]2CC(=O)N(c3ccc4c(c3)OCCO4)C2)cc1. The number of benzene rings is 2. The van der Waals surface area contributed by atoms with Crippen LogP contribution in [0.4, 0.5) is 5.69 Å². The number of nitrogens with zero attached hydrogens (tertiary/aromatic N) is 1. The molecule has 0 spiro atoms. The van der Waals surface area contributed by atoms with Crippen molar-refractivity contribution in [2.24, 2.45) is 5.92 Å². The van der Waals surface area contributed by atoms with E-state index in [4.69, 9.17) is 9.47 Å². The first-order valence-electron chi connectivity index (χ1n) is 9.77. The van der Waals surface area contributed by atoms with Crippen LogP contribution in [0.2, 0.25) is 0 Å². The lowest BCUT2D eigenvalue weighted by atomic mass is 10.1. The lowest BCUT2D eigenvalue weighted by Gasteiger charge is -2.22. The molecule has 2 aromatic carbocycles. The lowest BCUT2D eigenvalue weighted by molar-refractivity contribution is -0.126. The van der Waals surface area contributed by atoms with Gasteiger partial charge in [0.2, 0.25) is 11.8 Å². The van der Waals surface area contributed by atoms with Gasteiger partial charge in [0.25, 0.3) is 0 Å². The van der Waals surface area contributed by atoms with Gasteiger partial charge in [0.1, 0.15) is 13.2 Å². The fourth-order valence-corrected chi connectivity index (χ4v) is 4.22. The second-order valence-electron chi connectivity index (χ2n) is 7.19. The van der Waals surface area contributed by atoms with Crippen molar-refractivity contribution >= 4 is 29.3 Å². The maximum absolute atomic E-state index is 12.5. The van der Waals surface area contributed by atoms with E-state index in [1.54, 1.807) is 16.7 Å². The normalized spacial score (nSPS) is 18.0. The maximum Gasteiger partial charge on any atom is 0.227 e. The van der Waals surface area contributed by atoms with Crippen molar-refractivity contribution in [3.8, 4) is 11.5 Å². The smallest absolute Gasteiger partial charge is 0.227 e. The van der Waals surface area contributed by atoms with Crippen LogP contribution in [-0.4, -0.2) is 43.9 Å². The van der Waals surface area contributed by atoms with E-state index in [9.17, 15) is 9.59 Å². The minimum Gasteiger partial charge on any atom is -0.486 e. The summed E-state index contributed by atoms with van der Waals surface area (Å²) in [6.45, 7) is 4.04. The van der Waals surface area contributed by atoms with Crippen molar-refractivity contribution in [1.82, 2.24) is 5.32 Å². The fraction of sp³-hybridized carbons (Fsp3) is 0.364. The third-order valence-electron chi connectivity index (χ3n) is 5.02. The third kappa shape index (κ3) is 4.67. The van der Waals surface area contributed by atoms with Gasteiger partial charge in [0.15, 0.2) is 11.5 Å². The van der Waals surface area contributed by atoms with Crippen LogP contribution >= 0.6 is 11.8 Å². The van der Waals surface area contributed by atoms with Crippen LogP contribution in [0.1, 0.15) is 12.0 Å².